The van der Waals surface area contributed by atoms with Crippen LogP contribution in [-0.2, 0) is 19.1 Å². The maximum atomic E-state index is 13.8. The zero-order chi connectivity index (χ0) is 33.3. The minimum atomic E-state index is -1.03. The van der Waals surface area contributed by atoms with Gasteiger partial charge in [-0.2, -0.15) is 0 Å². The second kappa shape index (κ2) is 15.4. The Morgan fingerprint density at radius 3 is 2.13 bits per heavy atom. The molecule has 1 unspecified atom stereocenters. The van der Waals surface area contributed by atoms with Gasteiger partial charge >= 0.3 is 12.1 Å². The van der Waals surface area contributed by atoms with Gasteiger partial charge in [0.15, 0.2) is 0 Å². The van der Waals surface area contributed by atoms with Crippen molar-refractivity contribution < 1.29 is 33.4 Å². The van der Waals surface area contributed by atoms with Gasteiger partial charge in [0.2, 0.25) is 5.91 Å². The maximum Gasteiger partial charge on any atom is 0.409 e. The van der Waals surface area contributed by atoms with Crippen molar-refractivity contribution in [2.24, 2.45) is 0 Å². The molecule has 0 radical (unpaired) electrons. The van der Waals surface area contributed by atoms with Crippen LogP contribution in [0.5, 0.6) is 5.75 Å². The Morgan fingerprint density at radius 2 is 1.52 bits per heavy atom. The van der Waals surface area contributed by atoms with E-state index in [1.165, 1.54) is 0 Å². The third kappa shape index (κ3) is 9.29. The maximum absolute atomic E-state index is 13.8. The van der Waals surface area contributed by atoms with Crippen LogP contribution in [0.25, 0.3) is 22.4 Å². The fourth-order valence-corrected chi connectivity index (χ4v) is 5.04. The molecule has 3 aromatic rings. The van der Waals surface area contributed by atoms with Crippen molar-refractivity contribution in [3.05, 3.63) is 72.4 Å². The number of hydrogen-bond donors (Lipinski definition) is 1. The van der Waals surface area contributed by atoms with E-state index in [1.54, 1.807) is 50.7 Å². The molecule has 1 aliphatic heterocycles. The fraction of sp³-hybridized carbons (Fsp3) is 0.400. The number of aromatic nitrogens is 1. The van der Waals surface area contributed by atoms with Gasteiger partial charge in [-0.05, 0) is 69.5 Å². The molecule has 46 heavy (non-hydrogen) atoms. The molecule has 2 heterocycles. The van der Waals surface area contributed by atoms with Crippen LogP contribution in [0.15, 0.2) is 66.7 Å². The zero-order valence-corrected chi connectivity index (χ0v) is 27.1. The number of amides is 3. The van der Waals surface area contributed by atoms with Gasteiger partial charge in [0.25, 0.3) is 5.91 Å². The molecule has 4 rings (SSSR count). The molecule has 0 saturated carbocycles. The molecular formula is C35H42N4O7. The minimum absolute atomic E-state index is 0.0291. The number of hydrogen-bond acceptors (Lipinski definition) is 8. The second-order valence-electron chi connectivity index (χ2n) is 11.9. The number of benzene rings is 2. The summed E-state index contributed by atoms with van der Waals surface area (Å²) >= 11 is 0. The number of ether oxygens (including phenoxy) is 3. The summed E-state index contributed by atoms with van der Waals surface area (Å²) in [6.45, 7) is 8.42. The molecule has 1 N–H and O–H groups in total. The first-order valence-electron chi connectivity index (χ1n) is 15.4. The molecule has 1 aliphatic rings. The third-order valence-corrected chi connectivity index (χ3v) is 7.33. The first-order chi connectivity index (χ1) is 22.0. The van der Waals surface area contributed by atoms with E-state index in [4.69, 9.17) is 14.2 Å². The van der Waals surface area contributed by atoms with Crippen LogP contribution in [0.3, 0.4) is 0 Å². The van der Waals surface area contributed by atoms with Gasteiger partial charge in [-0.15, -0.1) is 0 Å². The number of carbonyl (C=O) groups excluding carboxylic acids is 4. The highest BCUT2D eigenvalue weighted by Gasteiger charge is 2.32. The molecule has 0 bridgehead atoms. The molecule has 1 fully saturated rings. The number of carbonyl (C=O) groups is 4. The molecule has 1 atom stereocenters. The van der Waals surface area contributed by atoms with Crippen LogP contribution >= 0.6 is 0 Å². The molecule has 1 saturated heterocycles. The first-order valence-corrected chi connectivity index (χ1v) is 15.4. The van der Waals surface area contributed by atoms with Crippen molar-refractivity contribution in [2.75, 3.05) is 39.9 Å². The van der Waals surface area contributed by atoms with Crippen LogP contribution in [0.2, 0.25) is 0 Å². The molecule has 0 spiro atoms. The van der Waals surface area contributed by atoms with Crippen LogP contribution in [0.1, 0.15) is 51.0 Å². The lowest BCUT2D eigenvalue weighted by molar-refractivity contribution is -0.155. The number of nitrogens with zero attached hydrogens (tertiary/aromatic N) is 3. The van der Waals surface area contributed by atoms with Crippen molar-refractivity contribution in [1.82, 2.24) is 20.1 Å². The van der Waals surface area contributed by atoms with Gasteiger partial charge in [-0.25, -0.2) is 9.78 Å². The van der Waals surface area contributed by atoms with E-state index in [9.17, 15) is 19.2 Å². The van der Waals surface area contributed by atoms with Gasteiger partial charge in [-0.1, -0.05) is 42.5 Å². The average Bonchev–Trinajstić information content (AvgIpc) is 3.05. The monoisotopic (exact) mass is 630 g/mol. The van der Waals surface area contributed by atoms with E-state index in [0.717, 1.165) is 16.7 Å². The molecule has 2 aromatic carbocycles. The minimum Gasteiger partial charge on any atom is -0.497 e. The summed E-state index contributed by atoms with van der Waals surface area (Å²) in [7, 11) is 1.60. The van der Waals surface area contributed by atoms with Gasteiger partial charge < -0.3 is 29.3 Å². The lowest BCUT2D eigenvalue weighted by Crippen LogP contribution is -2.56. The highest BCUT2D eigenvalue weighted by atomic mass is 16.6. The molecule has 3 amide bonds. The number of methoxy groups -OCH3 is 1. The summed E-state index contributed by atoms with van der Waals surface area (Å²) in [5.41, 5.74) is 2.45. The van der Waals surface area contributed by atoms with Gasteiger partial charge in [0, 0.05) is 38.2 Å². The van der Waals surface area contributed by atoms with E-state index < -0.39 is 29.6 Å². The summed E-state index contributed by atoms with van der Waals surface area (Å²) in [6.07, 6.45) is -0.478. The van der Waals surface area contributed by atoms with E-state index >= 15 is 0 Å². The van der Waals surface area contributed by atoms with Gasteiger partial charge in [0.05, 0.1) is 19.4 Å². The zero-order valence-electron chi connectivity index (χ0n) is 27.1. The number of esters is 1. The lowest BCUT2D eigenvalue weighted by Gasteiger charge is -2.36. The molecule has 0 aliphatic carbocycles. The number of rotatable bonds is 10. The smallest absolute Gasteiger partial charge is 0.409 e. The Balaban J connectivity index is 1.60. The third-order valence-electron chi connectivity index (χ3n) is 7.33. The lowest BCUT2D eigenvalue weighted by atomic mass is 10.0. The van der Waals surface area contributed by atoms with Crippen molar-refractivity contribution >= 4 is 23.9 Å². The standard InChI is InChI=1S/C35H42N4O7/c1-6-45-34(43)39-20-18-38(19-21-39)33(42)28(16-17-31(40)46-35(2,3)4)37-32(41)30-23-26(24-12-14-27(44-5)15-13-24)22-29(36-30)25-10-8-7-9-11-25/h7-15,22-23,28H,6,16-21H2,1-5H3,(H,37,41). The first kappa shape index (κ1) is 34.0. The second-order valence-corrected chi connectivity index (χ2v) is 11.9. The Kier molecular flexibility index (Phi) is 11.3. The number of nitrogens with one attached hydrogen (secondary N) is 1. The van der Waals surface area contributed by atoms with Crippen molar-refractivity contribution in [3.8, 4) is 28.1 Å². The highest BCUT2D eigenvalue weighted by molar-refractivity contribution is 5.98. The molecule has 1 aromatic heterocycles. The molecule has 244 valence electrons. The fourth-order valence-electron chi connectivity index (χ4n) is 5.04. The molecular weight excluding hydrogens is 588 g/mol. The Bertz CT molecular complexity index is 1510. The van der Waals surface area contributed by atoms with Crippen molar-refractivity contribution in [3.63, 3.8) is 0 Å². The van der Waals surface area contributed by atoms with Crippen LogP contribution in [-0.4, -0.2) is 90.2 Å². The number of pyridine rings is 1. The van der Waals surface area contributed by atoms with Crippen molar-refractivity contribution in [1.29, 1.82) is 0 Å². The topological polar surface area (TPSA) is 127 Å². The Hall–Kier alpha value is -4.93. The highest BCUT2D eigenvalue weighted by Crippen LogP contribution is 2.28. The van der Waals surface area contributed by atoms with E-state index in [0.29, 0.717) is 24.5 Å². The Morgan fingerprint density at radius 1 is 0.870 bits per heavy atom. The summed E-state index contributed by atoms with van der Waals surface area (Å²) in [5.74, 6) is -0.679. The van der Waals surface area contributed by atoms with E-state index in [-0.39, 0.29) is 44.1 Å². The van der Waals surface area contributed by atoms with Crippen LogP contribution < -0.4 is 10.1 Å². The quantitative estimate of drug-likeness (QED) is 0.312. The average molecular weight is 631 g/mol. The molecule has 11 nitrogen and oxygen atoms in total. The molecule has 11 heteroatoms. The van der Waals surface area contributed by atoms with Gasteiger partial charge in [-0.3, -0.25) is 14.4 Å². The van der Waals surface area contributed by atoms with E-state index in [1.807, 2.05) is 60.7 Å². The largest absolute Gasteiger partial charge is 0.497 e. The summed E-state index contributed by atoms with van der Waals surface area (Å²) in [6, 6.07) is 19.5. The predicted molar refractivity (Wildman–Crippen MR) is 173 cm³/mol. The normalized spacial score (nSPS) is 13.8. The van der Waals surface area contributed by atoms with Crippen LogP contribution in [0, 0.1) is 0 Å². The van der Waals surface area contributed by atoms with Gasteiger partial charge in [0.1, 0.15) is 23.1 Å². The van der Waals surface area contributed by atoms with Crippen molar-refractivity contribution in [2.45, 2.75) is 52.2 Å². The Labute approximate surface area is 269 Å². The summed E-state index contributed by atoms with van der Waals surface area (Å²) in [4.78, 5) is 60.2. The number of piperazine rings is 1. The summed E-state index contributed by atoms with van der Waals surface area (Å²) in [5, 5.41) is 2.85. The predicted octanol–water partition coefficient (Wildman–Crippen LogP) is 4.95. The van der Waals surface area contributed by atoms with Crippen LogP contribution in [0.4, 0.5) is 4.79 Å². The summed E-state index contributed by atoms with van der Waals surface area (Å²) < 4.78 is 15.8. The van der Waals surface area contributed by atoms with E-state index in [2.05, 4.69) is 10.3 Å². The SMILES string of the molecule is CCOC(=O)N1CCN(C(=O)C(CCC(=O)OC(C)(C)C)NC(=O)c2cc(-c3ccc(OC)cc3)cc(-c3ccccc3)n2)CC1.